The number of hydrogen-bond donors (Lipinski definition) is 1. The van der Waals surface area contributed by atoms with Crippen LogP contribution in [-0.4, -0.2) is 49.3 Å². The fourth-order valence-electron chi connectivity index (χ4n) is 4.30. The Balaban J connectivity index is 1.45. The molecule has 28 heavy (non-hydrogen) atoms. The molecule has 150 valence electrons. The fraction of sp³-hybridized carbons (Fsp3) is 0.455. The van der Waals surface area contributed by atoms with Crippen molar-refractivity contribution in [2.75, 3.05) is 44.2 Å². The van der Waals surface area contributed by atoms with Gasteiger partial charge < -0.3 is 19.6 Å². The molecular formula is C22H26Cl2N2O2. The molecule has 0 amide bonds. The summed E-state index contributed by atoms with van der Waals surface area (Å²) < 4.78 is 6.12. The molecule has 0 aliphatic carbocycles. The molecule has 0 saturated carbocycles. The van der Waals surface area contributed by atoms with Crippen LogP contribution in [0.5, 0.6) is 5.75 Å². The van der Waals surface area contributed by atoms with Crippen LogP contribution in [0.4, 0.5) is 5.69 Å². The smallest absolute Gasteiger partial charge is 0.144 e. The first-order chi connectivity index (χ1) is 13.6. The number of anilines is 1. The molecule has 2 saturated heterocycles. The van der Waals surface area contributed by atoms with Crippen LogP contribution in [0.2, 0.25) is 10.0 Å². The number of rotatable bonds is 6. The van der Waals surface area contributed by atoms with Crippen LogP contribution in [0.1, 0.15) is 18.4 Å². The number of ether oxygens (including phenoxy) is 1. The summed E-state index contributed by atoms with van der Waals surface area (Å²) in [5.74, 6) is 0.783. The second-order valence-corrected chi connectivity index (χ2v) is 8.69. The largest absolute Gasteiger partial charge is 0.487 e. The van der Waals surface area contributed by atoms with E-state index in [1.54, 1.807) is 6.07 Å². The lowest BCUT2D eigenvalue weighted by Crippen LogP contribution is -2.60. The van der Waals surface area contributed by atoms with Crippen molar-refractivity contribution >= 4 is 28.9 Å². The van der Waals surface area contributed by atoms with Crippen LogP contribution < -0.4 is 9.64 Å². The van der Waals surface area contributed by atoms with Crippen molar-refractivity contribution < 1.29 is 9.84 Å². The lowest BCUT2D eigenvalue weighted by molar-refractivity contribution is 0.0658. The van der Waals surface area contributed by atoms with Crippen molar-refractivity contribution in [3.8, 4) is 5.75 Å². The zero-order chi connectivity index (χ0) is 19.6. The zero-order valence-corrected chi connectivity index (χ0v) is 17.4. The lowest BCUT2D eigenvalue weighted by atomic mass is 9.71. The molecule has 2 aliphatic heterocycles. The molecule has 2 heterocycles. The van der Waals surface area contributed by atoms with Gasteiger partial charge in [0.2, 0.25) is 0 Å². The molecule has 1 spiro atoms. The number of piperidine rings is 1. The Labute approximate surface area is 176 Å². The number of halogens is 2. The van der Waals surface area contributed by atoms with Gasteiger partial charge in [-0.1, -0.05) is 53.5 Å². The maximum absolute atomic E-state index is 9.14. The molecule has 6 heteroatoms. The van der Waals surface area contributed by atoms with Gasteiger partial charge in [0.15, 0.2) is 0 Å². The van der Waals surface area contributed by atoms with Gasteiger partial charge in [-0.3, -0.25) is 0 Å². The van der Waals surface area contributed by atoms with Crippen LogP contribution in [0.15, 0.2) is 42.5 Å². The van der Waals surface area contributed by atoms with Gasteiger partial charge in [-0.05, 0) is 43.6 Å². The highest BCUT2D eigenvalue weighted by molar-refractivity contribution is 6.44. The minimum absolute atomic E-state index is 0.235. The normalized spacial score (nSPS) is 18.9. The number of nitrogens with zero attached hydrogens (tertiary/aromatic N) is 2. The van der Waals surface area contributed by atoms with Gasteiger partial charge in [-0.15, -0.1) is 0 Å². The van der Waals surface area contributed by atoms with Gasteiger partial charge in [0, 0.05) is 25.0 Å². The fourth-order valence-corrected chi connectivity index (χ4v) is 4.73. The predicted octanol–water partition coefficient (Wildman–Crippen LogP) is 4.47. The zero-order valence-electron chi connectivity index (χ0n) is 15.9. The summed E-state index contributed by atoms with van der Waals surface area (Å²) in [6, 6.07) is 13.8. The van der Waals surface area contributed by atoms with Crippen molar-refractivity contribution in [1.29, 1.82) is 0 Å². The van der Waals surface area contributed by atoms with E-state index in [2.05, 4.69) is 21.9 Å². The standard InChI is InChI=1S/C22H26Cl2N2O2/c23-18-6-7-19(28-14-17-4-2-1-3-5-17)21(20(18)24)26-15-22(16-26)8-10-25(11-9-22)12-13-27/h1-7,27H,8-16H2. The van der Waals surface area contributed by atoms with Gasteiger partial charge in [0.25, 0.3) is 0 Å². The summed E-state index contributed by atoms with van der Waals surface area (Å²) in [5.41, 5.74) is 2.37. The van der Waals surface area contributed by atoms with Crippen LogP contribution in [0.25, 0.3) is 0 Å². The predicted molar refractivity (Wildman–Crippen MR) is 115 cm³/mol. The first-order valence-electron chi connectivity index (χ1n) is 9.83. The highest BCUT2D eigenvalue weighted by Gasteiger charge is 2.46. The Hall–Kier alpha value is -1.46. The van der Waals surface area contributed by atoms with Crippen molar-refractivity contribution in [3.05, 3.63) is 58.1 Å². The Bertz CT molecular complexity index is 800. The van der Waals surface area contributed by atoms with Gasteiger partial charge in [0.1, 0.15) is 12.4 Å². The quantitative estimate of drug-likeness (QED) is 0.747. The molecule has 0 unspecified atom stereocenters. The van der Waals surface area contributed by atoms with Crippen molar-refractivity contribution in [2.45, 2.75) is 19.4 Å². The second-order valence-electron chi connectivity index (χ2n) is 7.90. The Kier molecular flexibility index (Phi) is 6.02. The Morgan fingerprint density at radius 3 is 2.39 bits per heavy atom. The summed E-state index contributed by atoms with van der Waals surface area (Å²) in [4.78, 5) is 4.64. The average Bonchev–Trinajstić information content (AvgIpc) is 2.69. The van der Waals surface area contributed by atoms with Crippen molar-refractivity contribution in [2.24, 2.45) is 5.41 Å². The van der Waals surface area contributed by atoms with Crippen molar-refractivity contribution in [3.63, 3.8) is 0 Å². The summed E-state index contributed by atoms with van der Waals surface area (Å²) in [6.45, 7) is 5.56. The van der Waals surface area contributed by atoms with E-state index in [9.17, 15) is 0 Å². The summed E-state index contributed by atoms with van der Waals surface area (Å²) in [7, 11) is 0. The minimum atomic E-state index is 0.235. The van der Waals surface area contributed by atoms with Gasteiger partial charge in [-0.2, -0.15) is 0 Å². The molecule has 0 bridgehead atoms. The van der Waals surface area contributed by atoms with Gasteiger partial charge in [0.05, 0.1) is 22.3 Å². The average molecular weight is 421 g/mol. The lowest BCUT2D eigenvalue weighted by Gasteiger charge is -2.55. The molecule has 1 N–H and O–H groups in total. The van der Waals surface area contributed by atoms with E-state index in [1.807, 2.05) is 24.3 Å². The van der Waals surface area contributed by atoms with Gasteiger partial charge in [-0.25, -0.2) is 0 Å². The molecule has 2 aromatic rings. The first-order valence-corrected chi connectivity index (χ1v) is 10.6. The molecule has 0 aromatic heterocycles. The maximum Gasteiger partial charge on any atom is 0.144 e. The van der Waals surface area contributed by atoms with Crippen LogP contribution in [-0.2, 0) is 6.61 Å². The first kappa shape index (κ1) is 19.8. The van der Waals surface area contributed by atoms with Crippen molar-refractivity contribution in [1.82, 2.24) is 4.90 Å². The number of β-amino-alcohol motifs (C(OH)–C–C–N with tert-alkyl or cyclic N) is 1. The highest BCUT2D eigenvalue weighted by atomic mass is 35.5. The number of likely N-dealkylation sites (tertiary alicyclic amines) is 1. The van der Waals surface area contributed by atoms with Crippen LogP contribution in [0.3, 0.4) is 0 Å². The Morgan fingerprint density at radius 2 is 1.71 bits per heavy atom. The minimum Gasteiger partial charge on any atom is -0.487 e. The third-order valence-corrected chi connectivity index (χ3v) is 6.77. The third kappa shape index (κ3) is 4.11. The van der Waals surface area contributed by atoms with E-state index >= 15 is 0 Å². The van der Waals surface area contributed by atoms with Crippen LogP contribution >= 0.6 is 23.2 Å². The molecule has 2 fully saturated rings. The highest BCUT2D eigenvalue weighted by Crippen LogP contribution is 2.49. The van der Waals surface area contributed by atoms with E-state index in [1.165, 1.54) is 0 Å². The SMILES string of the molecule is OCCN1CCC2(CC1)CN(c1c(OCc3ccccc3)ccc(Cl)c1Cl)C2. The molecule has 4 rings (SSSR count). The van der Waals surface area contributed by atoms with E-state index in [0.29, 0.717) is 22.1 Å². The molecule has 2 aromatic carbocycles. The second kappa shape index (κ2) is 8.50. The number of aliphatic hydroxyl groups is 1. The van der Waals surface area contributed by atoms with E-state index in [0.717, 1.165) is 62.6 Å². The third-order valence-electron chi connectivity index (χ3n) is 5.97. The Morgan fingerprint density at radius 1 is 1.00 bits per heavy atom. The molecular weight excluding hydrogens is 395 g/mol. The van der Waals surface area contributed by atoms with E-state index < -0.39 is 0 Å². The van der Waals surface area contributed by atoms with E-state index in [4.69, 9.17) is 33.0 Å². The molecule has 0 radical (unpaired) electrons. The number of aliphatic hydroxyl groups excluding tert-OH is 1. The van der Waals surface area contributed by atoms with E-state index in [-0.39, 0.29) is 6.61 Å². The summed E-state index contributed by atoms with van der Waals surface area (Å²) in [6.07, 6.45) is 2.31. The van der Waals surface area contributed by atoms with Crippen LogP contribution in [0, 0.1) is 5.41 Å². The topological polar surface area (TPSA) is 35.9 Å². The maximum atomic E-state index is 9.14. The van der Waals surface area contributed by atoms with Gasteiger partial charge >= 0.3 is 0 Å². The number of hydrogen-bond acceptors (Lipinski definition) is 4. The molecule has 0 atom stereocenters. The molecule has 4 nitrogen and oxygen atoms in total. The monoisotopic (exact) mass is 420 g/mol. The molecule has 2 aliphatic rings. The summed E-state index contributed by atoms with van der Waals surface area (Å²) in [5, 5.41) is 10.3. The number of benzene rings is 2. The summed E-state index contributed by atoms with van der Waals surface area (Å²) >= 11 is 12.9.